The molecule has 1 aliphatic rings. The third-order valence-electron chi connectivity index (χ3n) is 5.15. The molecule has 2 heterocycles. The first-order valence-corrected chi connectivity index (χ1v) is 9.92. The van der Waals surface area contributed by atoms with Crippen LogP contribution in [0.3, 0.4) is 0 Å². The number of carbonyl (C=O) groups excluding carboxylic acids is 1. The van der Waals surface area contributed by atoms with Gasteiger partial charge in [-0.3, -0.25) is 9.69 Å². The predicted octanol–water partition coefficient (Wildman–Crippen LogP) is 2.80. The fourth-order valence-electron chi connectivity index (χ4n) is 3.47. The normalized spacial score (nSPS) is 15.1. The molecule has 0 N–H and O–H groups in total. The maximum atomic E-state index is 12.8. The first-order chi connectivity index (χ1) is 14.3. The Morgan fingerprint density at radius 1 is 0.966 bits per heavy atom. The standard InChI is InChI=1S/C23H25N5O/c29-23(22-10-8-21(9-11-22)17-28-19-24-18-25-28)27-15-13-26(14-16-27)12-4-7-20-5-2-1-3-6-20/h1-11,18-19H,12-17H2/b7-4+. The lowest BCUT2D eigenvalue weighted by Crippen LogP contribution is -2.48. The molecule has 0 radical (unpaired) electrons. The average molecular weight is 387 g/mol. The summed E-state index contributed by atoms with van der Waals surface area (Å²) in [7, 11) is 0. The number of piperazine rings is 1. The second-order valence-corrected chi connectivity index (χ2v) is 7.20. The number of aromatic nitrogens is 3. The number of hydrogen-bond donors (Lipinski definition) is 0. The van der Waals surface area contributed by atoms with Crippen LogP contribution >= 0.6 is 0 Å². The molecule has 1 fully saturated rings. The van der Waals surface area contributed by atoms with Crippen LogP contribution < -0.4 is 0 Å². The molecule has 0 unspecified atom stereocenters. The monoisotopic (exact) mass is 387 g/mol. The van der Waals surface area contributed by atoms with E-state index in [-0.39, 0.29) is 5.91 Å². The fourth-order valence-corrected chi connectivity index (χ4v) is 3.47. The Balaban J connectivity index is 1.26. The van der Waals surface area contributed by atoms with Gasteiger partial charge in [0.05, 0.1) is 6.54 Å². The zero-order chi connectivity index (χ0) is 19.9. The van der Waals surface area contributed by atoms with E-state index >= 15 is 0 Å². The fraction of sp³-hybridized carbons (Fsp3) is 0.261. The van der Waals surface area contributed by atoms with Gasteiger partial charge in [0.2, 0.25) is 0 Å². The van der Waals surface area contributed by atoms with Crippen molar-refractivity contribution in [3.8, 4) is 0 Å². The molecule has 1 aliphatic heterocycles. The first-order valence-electron chi connectivity index (χ1n) is 9.92. The van der Waals surface area contributed by atoms with Crippen molar-refractivity contribution in [3.05, 3.63) is 90.0 Å². The van der Waals surface area contributed by atoms with Gasteiger partial charge >= 0.3 is 0 Å². The topological polar surface area (TPSA) is 54.3 Å². The molecule has 1 aromatic heterocycles. The summed E-state index contributed by atoms with van der Waals surface area (Å²) in [5.74, 6) is 0.108. The summed E-state index contributed by atoms with van der Waals surface area (Å²) in [4.78, 5) is 21.1. The van der Waals surface area contributed by atoms with Gasteiger partial charge in [-0.2, -0.15) is 5.10 Å². The summed E-state index contributed by atoms with van der Waals surface area (Å²) in [5.41, 5.74) is 3.06. The zero-order valence-electron chi connectivity index (χ0n) is 16.4. The van der Waals surface area contributed by atoms with Gasteiger partial charge in [0.15, 0.2) is 0 Å². The van der Waals surface area contributed by atoms with Crippen LogP contribution in [0.2, 0.25) is 0 Å². The summed E-state index contributed by atoms with van der Waals surface area (Å²) in [6.45, 7) is 4.89. The molecular formula is C23H25N5O. The van der Waals surface area contributed by atoms with Gasteiger partial charge in [0.1, 0.15) is 12.7 Å². The Bertz CT molecular complexity index is 927. The van der Waals surface area contributed by atoms with Gasteiger partial charge in [-0.05, 0) is 23.3 Å². The van der Waals surface area contributed by atoms with E-state index in [4.69, 9.17) is 0 Å². The van der Waals surface area contributed by atoms with Gasteiger partial charge < -0.3 is 4.90 Å². The smallest absolute Gasteiger partial charge is 0.253 e. The Morgan fingerprint density at radius 3 is 2.41 bits per heavy atom. The molecule has 0 bridgehead atoms. The molecule has 148 valence electrons. The molecule has 4 rings (SSSR count). The molecule has 0 aliphatic carbocycles. The number of amides is 1. The van der Waals surface area contributed by atoms with E-state index in [0.29, 0.717) is 6.54 Å². The largest absolute Gasteiger partial charge is 0.336 e. The minimum atomic E-state index is 0.108. The van der Waals surface area contributed by atoms with Crippen molar-refractivity contribution in [2.75, 3.05) is 32.7 Å². The van der Waals surface area contributed by atoms with Crippen LogP contribution in [-0.2, 0) is 6.54 Å². The lowest BCUT2D eigenvalue weighted by atomic mass is 10.1. The molecule has 6 heteroatoms. The van der Waals surface area contributed by atoms with Crippen LogP contribution in [0.25, 0.3) is 6.08 Å². The van der Waals surface area contributed by atoms with Crippen molar-refractivity contribution < 1.29 is 4.79 Å². The van der Waals surface area contributed by atoms with Gasteiger partial charge in [0.25, 0.3) is 5.91 Å². The Labute approximate surface area is 171 Å². The van der Waals surface area contributed by atoms with E-state index in [1.54, 1.807) is 11.0 Å². The molecule has 2 aromatic carbocycles. The number of carbonyl (C=O) groups is 1. The molecule has 0 atom stereocenters. The Kier molecular flexibility index (Phi) is 6.12. The van der Waals surface area contributed by atoms with Crippen LogP contribution in [0.1, 0.15) is 21.5 Å². The van der Waals surface area contributed by atoms with Crippen LogP contribution in [0, 0.1) is 0 Å². The molecule has 0 saturated carbocycles. The Morgan fingerprint density at radius 2 is 1.72 bits per heavy atom. The number of rotatable bonds is 6. The molecular weight excluding hydrogens is 362 g/mol. The first kappa shape index (κ1) is 19.1. The lowest BCUT2D eigenvalue weighted by Gasteiger charge is -2.34. The van der Waals surface area contributed by atoms with Crippen LogP contribution in [-0.4, -0.2) is 63.2 Å². The van der Waals surface area contributed by atoms with Crippen molar-refractivity contribution in [1.29, 1.82) is 0 Å². The van der Waals surface area contributed by atoms with Gasteiger partial charge in [0, 0.05) is 38.3 Å². The van der Waals surface area contributed by atoms with Crippen molar-refractivity contribution >= 4 is 12.0 Å². The summed E-state index contributed by atoms with van der Waals surface area (Å²) in [6, 6.07) is 18.1. The Hall–Kier alpha value is -3.25. The summed E-state index contributed by atoms with van der Waals surface area (Å²) in [5, 5.41) is 4.11. The van der Waals surface area contributed by atoms with E-state index in [0.717, 1.165) is 43.9 Å². The highest BCUT2D eigenvalue weighted by molar-refractivity contribution is 5.94. The highest BCUT2D eigenvalue weighted by Gasteiger charge is 2.21. The van der Waals surface area contributed by atoms with E-state index in [2.05, 4.69) is 39.3 Å². The predicted molar refractivity (Wildman–Crippen MR) is 113 cm³/mol. The van der Waals surface area contributed by atoms with Crippen LogP contribution in [0.5, 0.6) is 0 Å². The molecule has 29 heavy (non-hydrogen) atoms. The summed E-state index contributed by atoms with van der Waals surface area (Å²) < 4.78 is 1.77. The molecule has 1 amide bonds. The van der Waals surface area contributed by atoms with Gasteiger partial charge in [-0.1, -0.05) is 54.6 Å². The number of hydrogen-bond acceptors (Lipinski definition) is 4. The minimum absolute atomic E-state index is 0.108. The van der Waals surface area contributed by atoms with Gasteiger partial charge in [-0.15, -0.1) is 0 Å². The zero-order valence-corrected chi connectivity index (χ0v) is 16.4. The molecule has 3 aromatic rings. The third-order valence-corrected chi connectivity index (χ3v) is 5.15. The van der Waals surface area contributed by atoms with E-state index in [1.807, 2.05) is 47.4 Å². The van der Waals surface area contributed by atoms with Crippen molar-refractivity contribution in [1.82, 2.24) is 24.6 Å². The maximum absolute atomic E-state index is 12.8. The molecule has 1 saturated heterocycles. The third kappa shape index (κ3) is 5.18. The highest BCUT2D eigenvalue weighted by Crippen LogP contribution is 2.11. The highest BCUT2D eigenvalue weighted by atomic mass is 16.2. The van der Waals surface area contributed by atoms with Crippen LogP contribution in [0.15, 0.2) is 73.3 Å². The van der Waals surface area contributed by atoms with Gasteiger partial charge in [-0.25, -0.2) is 9.67 Å². The summed E-state index contributed by atoms with van der Waals surface area (Å²) in [6.07, 6.45) is 7.56. The average Bonchev–Trinajstić information content (AvgIpc) is 3.28. The van der Waals surface area contributed by atoms with Crippen molar-refractivity contribution in [2.45, 2.75) is 6.54 Å². The quantitative estimate of drug-likeness (QED) is 0.653. The molecule has 0 spiro atoms. The lowest BCUT2D eigenvalue weighted by molar-refractivity contribution is 0.0650. The van der Waals surface area contributed by atoms with Crippen molar-refractivity contribution in [2.24, 2.45) is 0 Å². The second-order valence-electron chi connectivity index (χ2n) is 7.20. The van der Waals surface area contributed by atoms with E-state index < -0.39 is 0 Å². The van der Waals surface area contributed by atoms with Crippen molar-refractivity contribution in [3.63, 3.8) is 0 Å². The maximum Gasteiger partial charge on any atom is 0.253 e. The second kappa shape index (κ2) is 9.30. The number of benzene rings is 2. The molecule has 6 nitrogen and oxygen atoms in total. The van der Waals surface area contributed by atoms with E-state index in [1.165, 1.54) is 11.9 Å². The van der Waals surface area contributed by atoms with E-state index in [9.17, 15) is 4.79 Å². The van der Waals surface area contributed by atoms with Crippen LogP contribution in [0.4, 0.5) is 0 Å². The minimum Gasteiger partial charge on any atom is -0.336 e. The summed E-state index contributed by atoms with van der Waals surface area (Å²) >= 11 is 0. The SMILES string of the molecule is O=C(c1ccc(Cn2cncn2)cc1)N1CCN(C/C=C/c2ccccc2)CC1. The number of nitrogens with zero attached hydrogens (tertiary/aromatic N) is 5.